The Kier molecular flexibility index (Phi) is 2.88. The average molecular weight is 271 g/mol. The van der Waals surface area contributed by atoms with Crippen LogP contribution < -0.4 is 4.74 Å². The van der Waals surface area contributed by atoms with Crippen LogP contribution in [0.15, 0.2) is 24.3 Å². The first-order chi connectivity index (χ1) is 9.22. The zero-order chi connectivity index (χ0) is 13.4. The Morgan fingerprint density at radius 3 is 2.79 bits per heavy atom. The highest BCUT2D eigenvalue weighted by Crippen LogP contribution is 2.36. The molecule has 3 nitrogen and oxygen atoms in total. The molecule has 2 aromatic rings. The summed E-state index contributed by atoms with van der Waals surface area (Å²) >= 11 is 6.04. The normalized spacial score (nSPS) is 12.3. The van der Waals surface area contributed by atoms with Crippen LogP contribution in [-0.4, -0.2) is 12.1 Å². The van der Waals surface area contributed by atoms with E-state index in [0.717, 1.165) is 35.4 Å². The summed E-state index contributed by atoms with van der Waals surface area (Å²) in [4.78, 5) is 4.39. The second-order valence-electron chi connectivity index (χ2n) is 4.47. The molecule has 0 saturated carbocycles. The van der Waals surface area contributed by atoms with Crippen molar-refractivity contribution in [2.75, 3.05) is 7.11 Å². The van der Waals surface area contributed by atoms with Crippen molar-refractivity contribution in [3.63, 3.8) is 0 Å². The molecule has 1 aromatic carbocycles. The molecule has 0 aliphatic heterocycles. The predicted molar refractivity (Wildman–Crippen MR) is 73.4 cm³/mol. The summed E-state index contributed by atoms with van der Waals surface area (Å²) in [7, 11) is 1.64. The predicted octanol–water partition coefficient (Wildman–Crippen LogP) is 3.38. The van der Waals surface area contributed by atoms with E-state index in [1.165, 1.54) is 5.56 Å². The lowest BCUT2D eigenvalue weighted by Crippen LogP contribution is -2.07. The van der Waals surface area contributed by atoms with Gasteiger partial charge in [0, 0.05) is 5.56 Å². The van der Waals surface area contributed by atoms with Crippen LogP contribution in [0.5, 0.6) is 5.75 Å². The number of hydrogen-bond acceptors (Lipinski definition) is 3. The van der Waals surface area contributed by atoms with Crippen molar-refractivity contribution in [1.82, 2.24) is 4.98 Å². The summed E-state index contributed by atoms with van der Waals surface area (Å²) in [5.74, 6) is 0.800. The number of ether oxygens (including phenoxy) is 1. The fourth-order valence-corrected chi connectivity index (χ4v) is 2.61. The van der Waals surface area contributed by atoms with Crippen LogP contribution in [0.4, 0.5) is 0 Å². The molecular formula is C15H11ClN2O. The number of aryl methyl sites for hydroxylation is 2. The van der Waals surface area contributed by atoms with Gasteiger partial charge in [-0.15, -0.1) is 0 Å². The molecule has 1 aliphatic carbocycles. The van der Waals surface area contributed by atoms with E-state index in [2.05, 4.69) is 17.1 Å². The lowest BCUT2D eigenvalue weighted by Gasteiger charge is -2.20. The summed E-state index contributed by atoms with van der Waals surface area (Å²) < 4.78 is 5.26. The monoisotopic (exact) mass is 270 g/mol. The van der Waals surface area contributed by atoms with Gasteiger partial charge in [-0.2, -0.15) is 5.26 Å². The van der Waals surface area contributed by atoms with Crippen LogP contribution in [0.25, 0.3) is 11.3 Å². The number of nitrogens with zero attached hydrogens (tertiary/aromatic N) is 2. The van der Waals surface area contributed by atoms with Crippen molar-refractivity contribution >= 4 is 11.6 Å². The molecule has 1 aliphatic rings. The molecule has 3 rings (SSSR count). The van der Waals surface area contributed by atoms with Crippen molar-refractivity contribution < 1.29 is 4.74 Å². The molecule has 0 radical (unpaired) electrons. The summed E-state index contributed by atoms with van der Waals surface area (Å²) in [6.07, 6.45) is 1.83. The van der Waals surface area contributed by atoms with Crippen LogP contribution in [0.1, 0.15) is 16.7 Å². The average Bonchev–Trinajstić information content (AvgIpc) is 2.46. The van der Waals surface area contributed by atoms with Gasteiger partial charge in [0.25, 0.3) is 0 Å². The Hall–Kier alpha value is -2.05. The van der Waals surface area contributed by atoms with E-state index in [1.54, 1.807) is 7.11 Å². The zero-order valence-corrected chi connectivity index (χ0v) is 11.2. The molecule has 0 unspecified atom stereocenters. The third-order valence-corrected chi connectivity index (χ3v) is 3.70. The molecule has 0 N–H and O–H groups in total. The highest BCUT2D eigenvalue weighted by Gasteiger charge is 2.20. The Morgan fingerprint density at radius 2 is 2.05 bits per heavy atom. The molecule has 94 valence electrons. The lowest BCUT2D eigenvalue weighted by molar-refractivity contribution is 0.415. The largest absolute Gasteiger partial charge is 0.497 e. The molecule has 4 heteroatoms. The maximum Gasteiger partial charge on any atom is 0.147 e. The van der Waals surface area contributed by atoms with Crippen LogP contribution in [0.3, 0.4) is 0 Å². The standard InChI is InChI=1S/C15H11ClN2O/c1-19-12-5-4-9-2-3-10-6-11(8-17)15(16)18-14(10)13(9)7-12/h4-7H,2-3H2,1H3. The maximum atomic E-state index is 9.00. The van der Waals surface area contributed by atoms with Crippen molar-refractivity contribution in [3.05, 3.63) is 46.1 Å². The molecule has 0 amide bonds. The van der Waals surface area contributed by atoms with E-state index in [0.29, 0.717) is 5.56 Å². The molecular weight excluding hydrogens is 260 g/mol. The first-order valence-corrected chi connectivity index (χ1v) is 6.37. The molecule has 0 saturated heterocycles. The Labute approximate surface area is 116 Å². The summed E-state index contributed by atoms with van der Waals surface area (Å²) in [5.41, 5.74) is 4.66. The number of fused-ring (bicyclic) bond motifs is 3. The number of rotatable bonds is 1. The van der Waals surface area contributed by atoms with Crippen LogP contribution in [0, 0.1) is 11.3 Å². The number of nitriles is 1. The highest BCUT2D eigenvalue weighted by molar-refractivity contribution is 6.30. The molecule has 0 spiro atoms. The number of pyridine rings is 1. The molecule has 1 aromatic heterocycles. The molecule has 0 atom stereocenters. The number of methoxy groups -OCH3 is 1. The van der Waals surface area contributed by atoms with Crippen molar-refractivity contribution in [2.45, 2.75) is 12.8 Å². The van der Waals surface area contributed by atoms with E-state index in [-0.39, 0.29) is 5.15 Å². The molecule has 0 bridgehead atoms. The maximum absolute atomic E-state index is 9.00. The zero-order valence-electron chi connectivity index (χ0n) is 10.4. The SMILES string of the molecule is COc1ccc2c(c1)-c1nc(Cl)c(C#N)cc1CC2. The molecule has 1 heterocycles. The topological polar surface area (TPSA) is 45.9 Å². The van der Waals surface area contributed by atoms with E-state index in [9.17, 15) is 0 Å². The van der Waals surface area contributed by atoms with E-state index >= 15 is 0 Å². The minimum Gasteiger partial charge on any atom is -0.497 e. The second-order valence-corrected chi connectivity index (χ2v) is 4.83. The first-order valence-electron chi connectivity index (χ1n) is 5.99. The van der Waals surface area contributed by atoms with Crippen LogP contribution >= 0.6 is 11.6 Å². The van der Waals surface area contributed by atoms with E-state index in [4.69, 9.17) is 21.6 Å². The van der Waals surface area contributed by atoms with Crippen LogP contribution in [0.2, 0.25) is 5.15 Å². The first kappa shape index (κ1) is 12.0. The fourth-order valence-electron chi connectivity index (χ4n) is 2.42. The van der Waals surface area contributed by atoms with Crippen molar-refractivity contribution in [3.8, 4) is 23.1 Å². The van der Waals surface area contributed by atoms with Gasteiger partial charge in [0.1, 0.15) is 17.0 Å². The van der Waals surface area contributed by atoms with Gasteiger partial charge >= 0.3 is 0 Å². The molecule has 19 heavy (non-hydrogen) atoms. The third kappa shape index (κ3) is 1.94. The van der Waals surface area contributed by atoms with Crippen LogP contribution in [-0.2, 0) is 12.8 Å². The molecule has 0 fully saturated rings. The van der Waals surface area contributed by atoms with Gasteiger partial charge in [-0.25, -0.2) is 4.98 Å². The van der Waals surface area contributed by atoms with Gasteiger partial charge < -0.3 is 4.74 Å². The summed E-state index contributed by atoms with van der Waals surface area (Å²) in [6, 6.07) is 9.90. The van der Waals surface area contributed by atoms with Gasteiger partial charge in [0.15, 0.2) is 0 Å². The second kappa shape index (κ2) is 4.56. The number of halogens is 1. The van der Waals surface area contributed by atoms with Gasteiger partial charge in [-0.05, 0) is 42.2 Å². The number of benzene rings is 1. The Bertz CT molecular complexity index is 704. The number of aromatic nitrogens is 1. The smallest absolute Gasteiger partial charge is 0.147 e. The quantitative estimate of drug-likeness (QED) is 0.746. The number of hydrogen-bond donors (Lipinski definition) is 0. The summed E-state index contributed by atoms with van der Waals surface area (Å²) in [5, 5.41) is 9.26. The van der Waals surface area contributed by atoms with Crippen molar-refractivity contribution in [1.29, 1.82) is 5.26 Å². The summed E-state index contributed by atoms with van der Waals surface area (Å²) in [6.45, 7) is 0. The van der Waals surface area contributed by atoms with Gasteiger partial charge in [0.2, 0.25) is 0 Å². The fraction of sp³-hybridized carbons (Fsp3) is 0.200. The van der Waals surface area contributed by atoms with E-state index in [1.807, 2.05) is 18.2 Å². The lowest BCUT2D eigenvalue weighted by atomic mass is 9.88. The minimum atomic E-state index is 0.261. The highest BCUT2D eigenvalue weighted by atomic mass is 35.5. The van der Waals surface area contributed by atoms with Gasteiger partial charge in [0.05, 0.1) is 18.4 Å². The van der Waals surface area contributed by atoms with E-state index < -0.39 is 0 Å². The third-order valence-electron chi connectivity index (χ3n) is 3.41. The Balaban J connectivity index is 2.23. The Morgan fingerprint density at radius 1 is 1.26 bits per heavy atom. The van der Waals surface area contributed by atoms with Crippen molar-refractivity contribution in [2.24, 2.45) is 0 Å². The van der Waals surface area contributed by atoms with Gasteiger partial charge in [-0.1, -0.05) is 17.7 Å². The van der Waals surface area contributed by atoms with Gasteiger partial charge in [-0.3, -0.25) is 0 Å². The minimum absolute atomic E-state index is 0.261.